The van der Waals surface area contributed by atoms with E-state index in [1.165, 1.54) is 6.07 Å². The van der Waals surface area contributed by atoms with E-state index in [1.807, 2.05) is 6.07 Å². The maximum absolute atomic E-state index is 10.8. The Hall–Kier alpha value is -2.47. The van der Waals surface area contributed by atoms with Gasteiger partial charge in [0.1, 0.15) is 5.69 Å². The van der Waals surface area contributed by atoms with Gasteiger partial charge in [0.05, 0.1) is 12.8 Å². The van der Waals surface area contributed by atoms with Crippen LogP contribution in [0.3, 0.4) is 0 Å². The van der Waals surface area contributed by atoms with Gasteiger partial charge in [-0.05, 0) is 17.7 Å². The minimum Gasteiger partial charge on any atom is -0.481 e. The van der Waals surface area contributed by atoms with Gasteiger partial charge in [0.25, 0.3) is 0 Å². The first-order valence-electron chi connectivity index (χ1n) is 6.08. The predicted octanol–water partition coefficient (Wildman–Crippen LogP) is 1.47. The molecular weight excluding hydrogens is 258 g/mol. The second-order valence-corrected chi connectivity index (χ2v) is 4.13. The van der Waals surface area contributed by atoms with E-state index in [1.54, 1.807) is 31.5 Å². The van der Waals surface area contributed by atoms with Crippen molar-refractivity contribution in [3.63, 3.8) is 0 Å². The number of carboxylic acids is 1. The fraction of sp³-hybridized carbons (Fsp3) is 0.214. The monoisotopic (exact) mass is 273 g/mol. The maximum Gasteiger partial charge on any atom is 0.354 e. The summed E-state index contributed by atoms with van der Waals surface area (Å²) in [6.45, 7) is 1.11. The van der Waals surface area contributed by atoms with Gasteiger partial charge in [0, 0.05) is 25.4 Å². The molecule has 104 valence electrons. The largest absolute Gasteiger partial charge is 0.481 e. The van der Waals surface area contributed by atoms with E-state index in [2.05, 4.69) is 15.3 Å². The van der Waals surface area contributed by atoms with Crippen molar-refractivity contribution in [2.75, 3.05) is 7.11 Å². The van der Waals surface area contributed by atoms with Crippen LogP contribution in [0, 0.1) is 0 Å². The summed E-state index contributed by atoms with van der Waals surface area (Å²) in [5, 5.41) is 12.0. The Morgan fingerprint density at radius 3 is 2.80 bits per heavy atom. The summed E-state index contributed by atoms with van der Waals surface area (Å²) < 4.78 is 4.98. The molecule has 0 saturated carbocycles. The van der Waals surface area contributed by atoms with Crippen molar-refractivity contribution in [3.05, 3.63) is 53.5 Å². The van der Waals surface area contributed by atoms with Gasteiger partial charge in [0.15, 0.2) is 0 Å². The zero-order valence-electron chi connectivity index (χ0n) is 11.0. The van der Waals surface area contributed by atoms with Crippen LogP contribution in [0.15, 0.2) is 36.5 Å². The average Bonchev–Trinajstić information content (AvgIpc) is 2.48. The Morgan fingerprint density at radius 2 is 2.15 bits per heavy atom. The number of nitrogens with one attached hydrogen (secondary N) is 1. The van der Waals surface area contributed by atoms with Crippen LogP contribution in [0.2, 0.25) is 0 Å². The van der Waals surface area contributed by atoms with Crippen LogP contribution in [0.5, 0.6) is 5.88 Å². The van der Waals surface area contributed by atoms with E-state index in [4.69, 9.17) is 9.84 Å². The highest BCUT2D eigenvalue weighted by Gasteiger charge is 2.04. The summed E-state index contributed by atoms with van der Waals surface area (Å²) in [4.78, 5) is 18.9. The average molecular weight is 273 g/mol. The van der Waals surface area contributed by atoms with Gasteiger partial charge in [-0.1, -0.05) is 12.1 Å². The summed E-state index contributed by atoms with van der Waals surface area (Å²) in [5.41, 5.74) is 1.75. The van der Waals surface area contributed by atoms with Crippen LogP contribution in [-0.4, -0.2) is 28.2 Å². The lowest BCUT2D eigenvalue weighted by Crippen LogP contribution is -2.15. The number of methoxy groups -OCH3 is 1. The van der Waals surface area contributed by atoms with Crippen molar-refractivity contribution in [3.8, 4) is 5.88 Å². The number of carbonyl (C=O) groups is 1. The van der Waals surface area contributed by atoms with E-state index in [-0.39, 0.29) is 5.69 Å². The van der Waals surface area contributed by atoms with Gasteiger partial charge in [0.2, 0.25) is 5.88 Å². The number of nitrogens with zero attached hydrogens (tertiary/aromatic N) is 2. The van der Waals surface area contributed by atoms with Crippen molar-refractivity contribution in [1.29, 1.82) is 0 Å². The molecular formula is C14H15N3O3. The molecule has 0 aliphatic rings. The molecule has 2 aromatic heterocycles. The molecule has 0 bridgehead atoms. The molecule has 0 atom stereocenters. The Labute approximate surface area is 116 Å². The zero-order chi connectivity index (χ0) is 14.4. The maximum atomic E-state index is 10.8. The minimum atomic E-state index is -1.02. The molecule has 0 unspecified atom stereocenters. The zero-order valence-corrected chi connectivity index (χ0v) is 11.0. The highest BCUT2D eigenvalue weighted by Crippen LogP contribution is 2.06. The Kier molecular flexibility index (Phi) is 4.62. The quantitative estimate of drug-likeness (QED) is 0.829. The lowest BCUT2D eigenvalue weighted by Gasteiger charge is -2.05. The highest BCUT2D eigenvalue weighted by atomic mass is 16.5. The Morgan fingerprint density at radius 1 is 1.30 bits per heavy atom. The smallest absolute Gasteiger partial charge is 0.354 e. The van der Waals surface area contributed by atoms with E-state index in [0.717, 1.165) is 5.56 Å². The molecule has 20 heavy (non-hydrogen) atoms. The third kappa shape index (κ3) is 3.76. The third-order valence-corrected chi connectivity index (χ3v) is 2.67. The third-order valence-electron chi connectivity index (χ3n) is 2.67. The van der Waals surface area contributed by atoms with Crippen molar-refractivity contribution in [2.24, 2.45) is 0 Å². The van der Waals surface area contributed by atoms with Gasteiger partial charge in [-0.3, -0.25) is 0 Å². The van der Waals surface area contributed by atoms with Crippen molar-refractivity contribution >= 4 is 5.97 Å². The Bertz CT molecular complexity index is 584. The van der Waals surface area contributed by atoms with Crippen molar-refractivity contribution in [2.45, 2.75) is 13.1 Å². The number of pyridine rings is 2. The molecule has 0 saturated heterocycles. The number of hydrogen-bond donors (Lipinski definition) is 2. The highest BCUT2D eigenvalue weighted by molar-refractivity contribution is 5.85. The van der Waals surface area contributed by atoms with Crippen LogP contribution >= 0.6 is 0 Å². The first-order chi connectivity index (χ1) is 9.69. The summed E-state index contributed by atoms with van der Waals surface area (Å²) in [7, 11) is 1.57. The lowest BCUT2D eigenvalue weighted by atomic mass is 10.2. The predicted molar refractivity (Wildman–Crippen MR) is 72.5 cm³/mol. The summed E-state index contributed by atoms with van der Waals surface area (Å²) in [5.74, 6) is -0.448. The van der Waals surface area contributed by atoms with E-state index < -0.39 is 5.97 Å². The topological polar surface area (TPSA) is 84.3 Å². The number of ether oxygens (including phenoxy) is 1. The van der Waals surface area contributed by atoms with E-state index in [0.29, 0.717) is 24.7 Å². The van der Waals surface area contributed by atoms with Gasteiger partial charge < -0.3 is 15.2 Å². The molecule has 0 aromatic carbocycles. The first kappa shape index (κ1) is 14.0. The van der Waals surface area contributed by atoms with Crippen LogP contribution in [0.25, 0.3) is 0 Å². The molecule has 0 radical (unpaired) electrons. The summed E-state index contributed by atoms with van der Waals surface area (Å²) in [6.07, 6.45) is 1.73. The SMILES string of the molecule is COc1ccc(CNCc2cccc(C(=O)O)n2)cn1. The molecule has 2 heterocycles. The molecule has 2 N–H and O–H groups in total. The first-order valence-corrected chi connectivity index (χ1v) is 6.08. The minimum absolute atomic E-state index is 0.0513. The van der Waals surface area contributed by atoms with Crippen LogP contribution in [0.1, 0.15) is 21.7 Å². The van der Waals surface area contributed by atoms with Crippen molar-refractivity contribution < 1.29 is 14.6 Å². The lowest BCUT2D eigenvalue weighted by molar-refractivity contribution is 0.0690. The summed E-state index contributed by atoms with van der Waals surface area (Å²) >= 11 is 0. The normalized spacial score (nSPS) is 10.2. The van der Waals surface area contributed by atoms with Crippen LogP contribution < -0.4 is 10.1 Å². The molecule has 2 aromatic rings. The molecule has 0 spiro atoms. The van der Waals surface area contributed by atoms with Crippen LogP contribution in [0.4, 0.5) is 0 Å². The number of aromatic carboxylic acids is 1. The van der Waals surface area contributed by atoms with Gasteiger partial charge in [-0.15, -0.1) is 0 Å². The van der Waals surface area contributed by atoms with Gasteiger partial charge >= 0.3 is 5.97 Å². The van der Waals surface area contributed by atoms with Gasteiger partial charge in [-0.2, -0.15) is 0 Å². The fourth-order valence-electron chi connectivity index (χ4n) is 1.67. The molecule has 0 fully saturated rings. The molecule has 0 aliphatic carbocycles. The summed E-state index contributed by atoms with van der Waals surface area (Å²) in [6, 6.07) is 8.65. The second kappa shape index (κ2) is 6.63. The number of rotatable bonds is 6. The standard InChI is InChI=1S/C14H15N3O3/c1-20-13-6-5-10(8-16-13)7-15-9-11-3-2-4-12(17-11)14(18)19/h2-6,8,15H,7,9H2,1H3,(H,18,19). The molecule has 0 amide bonds. The number of hydrogen-bond acceptors (Lipinski definition) is 5. The molecule has 6 nitrogen and oxygen atoms in total. The molecule has 6 heteroatoms. The van der Waals surface area contributed by atoms with Gasteiger partial charge in [-0.25, -0.2) is 14.8 Å². The second-order valence-electron chi connectivity index (χ2n) is 4.13. The van der Waals surface area contributed by atoms with E-state index >= 15 is 0 Å². The van der Waals surface area contributed by atoms with E-state index in [9.17, 15) is 4.79 Å². The Balaban J connectivity index is 1.88. The molecule has 0 aliphatic heterocycles. The van der Waals surface area contributed by atoms with Crippen LogP contribution in [-0.2, 0) is 13.1 Å². The number of aromatic nitrogens is 2. The fourth-order valence-corrected chi connectivity index (χ4v) is 1.67. The molecule has 2 rings (SSSR count). The number of carboxylic acid groups (broad SMARTS) is 1. The van der Waals surface area contributed by atoms with Crippen molar-refractivity contribution in [1.82, 2.24) is 15.3 Å².